The van der Waals surface area contributed by atoms with Crippen molar-refractivity contribution in [1.82, 2.24) is 5.32 Å². The molecule has 0 heterocycles. The lowest BCUT2D eigenvalue weighted by molar-refractivity contribution is 0.595. The molecular formula is C12H18FNO2S. The maximum absolute atomic E-state index is 13.4. The molecule has 0 fully saturated rings. The van der Waals surface area contributed by atoms with Crippen LogP contribution in [0.15, 0.2) is 12.1 Å². The molecule has 0 bridgehead atoms. The van der Waals surface area contributed by atoms with Gasteiger partial charge in [0.2, 0.25) is 0 Å². The number of rotatable bonds is 5. The number of hydrogen-bond donors (Lipinski definition) is 1. The van der Waals surface area contributed by atoms with E-state index in [9.17, 15) is 12.8 Å². The van der Waals surface area contributed by atoms with Crippen LogP contribution in [0.5, 0.6) is 0 Å². The Balaban J connectivity index is 2.53. The third-order valence-corrected chi connectivity index (χ3v) is 3.42. The van der Waals surface area contributed by atoms with E-state index < -0.39 is 9.84 Å². The monoisotopic (exact) mass is 259 g/mol. The summed E-state index contributed by atoms with van der Waals surface area (Å²) >= 11 is 0. The first kappa shape index (κ1) is 14.1. The minimum atomic E-state index is -2.92. The molecule has 3 nitrogen and oxygen atoms in total. The highest BCUT2D eigenvalue weighted by molar-refractivity contribution is 7.90. The van der Waals surface area contributed by atoms with Crippen molar-refractivity contribution in [2.24, 2.45) is 0 Å². The van der Waals surface area contributed by atoms with Gasteiger partial charge in [0.1, 0.15) is 15.7 Å². The SMILES string of the molecule is Cc1cc(CNCCS(C)(=O)=O)cc(C)c1F. The van der Waals surface area contributed by atoms with Crippen molar-refractivity contribution in [3.05, 3.63) is 34.6 Å². The third-order valence-electron chi connectivity index (χ3n) is 2.47. The molecule has 1 aromatic rings. The topological polar surface area (TPSA) is 46.2 Å². The van der Waals surface area contributed by atoms with Gasteiger partial charge in [-0.15, -0.1) is 0 Å². The quantitative estimate of drug-likeness (QED) is 0.817. The third kappa shape index (κ3) is 4.83. The van der Waals surface area contributed by atoms with Crippen LogP contribution < -0.4 is 5.32 Å². The summed E-state index contributed by atoms with van der Waals surface area (Å²) in [6.45, 7) is 4.41. The molecule has 0 aliphatic rings. The molecule has 0 unspecified atom stereocenters. The van der Waals surface area contributed by atoms with Crippen LogP contribution in [-0.4, -0.2) is 27.0 Å². The number of aryl methyl sites for hydroxylation is 2. The lowest BCUT2D eigenvalue weighted by Gasteiger charge is -2.08. The molecule has 0 aromatic heterocycles. The Morgan fingerprint density at radius 2 is 1.76 bits per heavy atom. The van der Waals surface area contributed by atoms with E-state index in [-0.39, 0.29) is 11.6 Å². The van der Waals surface area contributed by atoms with Crippen molar-refractivity contribution in [1.29, 1.82) is 0 Å². The summed E-state index contributed by atoms with van der Waals surface area (Å²) in [7, 11) is -2.92. The Morgan fingerprint density at radius 3 is 2.24 bits per heavy atom. The van der Waals surface area contributed by atoms with E-state index in [1.165, 1.54) is 6.26 Å². The summed E-state index contributed by atoms with van der Waals surface area (Å²) in [5.41, 5.74) is 2.20. The second-order valence-corrected chi connectivity index (χ2v) is 6.61. The van der Waals surface area contributed by atoms with Gasteiger partial charge in [0.05, 0.1) is 5.75 Å². The Kier molecular flexibility index (Phi) is 4.65. The van der Waals surface area contributed by atoms with Crippen LogP contribution in [0.25, 0.3) is 0 Å². The molecule has 0 aliphatic heterocycles. The molecule has 0 radical (unpaired) electrons. The molecule has 0 saturated heterocycles. The fourth-order valence-electron chi connectivity index (χ4n) is 1.63. The van der Waals surface area contributed by atoms with Crippen molar-refractivity contribution < 1.29 is 12.8 Å². The molecular weight excluding hydrogens is 241 g/mol. The summed E-state index contributed by atoms with van der Waals surface area (Å²) in [5.74, 6) is -0.0588. The number of hydrogen-bond acceptors (Lipinski definition) is 3. The first-order chi connectivity index (χ1) is 7.79. The fourth-order valence-corrected chi connectivity index (χ4v) is 2.14. The Labute approximate surface area is 102 Å². The van der Waals surface area contributed by atoms with Gasteiger partial charge in [0, 0.05) is 19.3 Å². The Morgan fingerprint density at radius 1 is 1.24 bits per heavy atom. The van der Waals surface area contributed by atoms with Gasteiger partial charge in [0.25, 0.3) is 0 Å². The standard InChI is InChI=1S/C12H18FNO2S/c1-9-6-11(7-10(2)12(9)13)8-14-4-5-17(3,15)16/h6-7,14H,4-5,8H2,1-3H3. The van der Waals surface area contributed by atoms with Gasteiger partial charge in [-0.2, -0.15) is 0 Å². The zero-order chi connectivity index (χ0) is 13.1. The molecule has 1 aromatic carbocycles. The van der Waals surface area contributed by atoms with Gasteiger partial charge in [-0.25, -0.2) is 12.8 Å². The zero-order valence-electron chi connectivity index (χ0n) is 10.4. The van der Waals surface area contributed by atoms with Gasteiger partial charge >= 0.3 is 0 Å². The van der Waals surface area contributed by atoms with Crippen LogP contribution in [0.4, 0.5) is 4.39 Å². The second kappa shape index (κ2) is 5.60. The molecule has 1 N–H and O–H groups in total. The molecule has 1 rings (SSSR count). The summed E-state index contributed by atoms with van der Waals surface area (Å²) in [4.78, 5) is 0. The van der Waals surface area contributed by atoms with Crippen molar-refractivity contribution >= 4 is 9.84 Å². The van der Waals surface area contributed by atoms with E-state index in [1.807, 2.05) is 0 Å². The van der Waals surface area contributed by atoms with Gasteiger partial charge in [-0.3, -0.25) is 0 Å². The van der Waals surface area contributed by atoms with Crippen molar-refractivity contribution in [3.8, 4) is 0 Å². The Bertz CT molecular complexity index is 474. The molecule has 0 aliphatic carbocycles. The maximum Gasteiger partial charge on any atom is 0.148 e. The van der Waals surface area contributed by atoms with E-state index >= 15 is 0 Å². The summed E-state index contributed by atoms with van der Waals surface area (Å²) in [6.07, 6.45) is 1.21. The molecule has 0 saturated carbocycles. The summed E-state index contributed by atoms with van der Waals surface area (Å²) in [6, 6.07) is 3.55. The van der Waals surface area contributed by atoms with Crippen LogP contribution in [0, 0.1) is 19.7 Å². The predicted octanol–water partition coefficient (Wildman–Crippen LogP) is 1.58. The lowest BCUT2D eigenvalue weighted by atomic mass is 10.1. The Hall–Kier alpha value is -0.940. The fraction of sp³-hybridized carbons (Fsp3) is 0.500. The molecule has 96 valence electrons. The van der Waals surface area contributed by atoms with E-state index in [1.54, 1.807) is 26.0 Å². The first-order valence-corrected chi connectivity index (χ1v) is 7.50. The van der Waals surface area contributed by atoms with Gasteiger partial charge < -0.3 is 5.32 Å². The van der Waals surface area contributed by atoms with Crippen LogP contribution >= 0.6 is 0 Å². The van der Waals surface area contributed by atoms with E-state index in [0.29, 0.717) is 24.2 Å². The van der Waals surface area contributed by atoms with Gasteiger partial charge in [-0.05, 0) is 30.5 Å². The first-order valence-electron chi connectivity index (χ1n) is 5.43. The van der Waals surface area contributed by atoms with Crippen LogP contribution in [0.3, 0.4) is 0 Å². The molecule has 5 heteroatoms. The summed E-state index contributed by atoms with van der Waals surface area (Å²) in [5, 5.41) is 3.03. The normalized spacial score (nSPS) is 11.8. The van der Waals surface area contributed by atoms with Gasteiger partial charge in [0.15, 0.2) is 0 Å². The number of benzene rings is 1. The lowest BCUT2D eigenvalue weighted by Crippen LogP contribution is -2.22. The average molecular weight is 259 g/mol. The largest absolute Gasteiger partial charge is 0.312 e. The highest BCUT2D eigenvalue weighted by atomic mass is 32.2. The highest BCUT2D eigenvalue weighted by Crippen LogP contribution is 2.14. The zero-order valence-corrected chi connectivity index (χ0v) is 11.2. The second-order valence-electron chi connectivity index (χ2n) is 4.35. The van der Waals surface area contributed by atoms with E-state index in [2.05, 4.69) is 5.32 Å². The minimum absolute atomic E-state index is 0.117. The minimum Gasteiger partial charge on any atom is -0.312 e. The van der Waals surface area contributed by atoms with Crippen molar-refractivity contribution in [2.75, 3.05) is 18.6 Å². The van der Waals surface area contributed by atoms with Crippen LogP contribution in [0.2, 0.25) is 0 Å². The maximum atomic E-state index is 13.4. The summed E-state index contributed by atoms with van der Waals surface area (Å²) < 4.78 is 35.2. The van der Waals surface area contributed by atoms with E-state index in [0.717, 1.165) is 5.56 Å². The molecule has 0 atom stereocenters. The van der Waals surface area contributed by atoms with Gasteiger partial charge in [-0.1, -0.05) is 12.1 Å². The van der Waals surface area contributed by atoms with Crippen molar-refractivity contribution in [2.45, 2.75) is 20.4 Å². The van der Waals surface area contributed by atoms with Crippen molar-refractivity contribution in [3.63, 3.8) is 0 Å². The molecule has 17 heavy (non-hydrogen) atoms. The number of nitrogens with one attached hydrogen (secondary N) is 1. The number of halogens is 1. The molecule has 0 spiro atoms. The van der Waals surface area contributed by atoms with Crippen LogP contribution in [0.1, 0.15) is 16.7 Å². The predicted molar refractivity (Wildman–Crippen MR) is 67.3 cm³/mol. The van der Waals surface area contributed by atoms with Crippen LogP contribution in [-0.2, 0) is 16.4 Å². The van der Waals surface area contributed by atoms with E-state index in [4.69, 9.17) is 0 Å². The smallest absolute Gasteiger partial charge is 0.148 e. The number of sulfone groups is 1. The highest BCUT2D eigenvalue weighted by Gasteiger charge is 2.05. The average Bonchev–Trinajstić information content (AvgIpc) is 2.19. The molecule has 0 amide bonds.